The maximum atomic E-state index is 12.7. The summed E-state index contributed by atoms with van der Waals surface area (Å²) in [7, 11) is 0. The van der Waals surface area contributed by atoms with Crippen molar-refractivity contribution < 1.29 is 0 Å². The number of aromatic amines is 1. The molecule has 5 rings (SSSR count). The minimum atomic E-state index is -0.306. The van der Waals surface area contributed by atoms with Crippen molar-refractivity contribution in [2.45, 2.75) is 63.6 Å². The third kappa shape index (κ3) is 3.52. The molecule has 2 aromatic carbocycles. The maximum absolute atomic E-state index is 12.7. The molecule has 3 aromatic rings. The van der Waals surface area contributed by atoms with Crippen LogP contribution in [0.4, 0.5) is 0 Å². The normalized spacial score (nSPS) is 23.8. The van der Waals surface area contributed by atoms with Gasteiger partial charge >= 0.3 is 5.69 Å². The topological polar surface area (TPSA) is 58.1 Å². The number of para-hydroxylation sites is 1. The van der Waals surface area contributed by atoms with Gasteiger partial charge in [-0.3, -0.25) is 14.3 Å². The summed E-state index contributed by atoms with van der Waals surface area (Å²) in [5, 5.41) is 0.580. The number of aromatic nitrogens is 2. The molecule has 2 saturated heterocycles. The molecule has 2 aliphatic heterocycles. The number of rotatable bonds is 5. The first-order chi connectivity index (χ1) is 14.6. The fourth-order valence-corrected chi connectivity index (χ4v) is 5.56. The van der Waals surface area contributed by atoms with Crippen LogP contribution in [0.25, 0.3) is 10.9 Å². The van der Waals surface area contributed by atoms with E-state index in [-0.39, 0.29) is 11.2 Å². The van der Waals surface area contributed by atoms with Crippen LogP contribution in [0.3, 0.4) is 0 Å². The number of nitrogens with one attached hydrogen (secondary N) is 1. The Morgan fingerprint density at radius 2 is 1.63 bits per heavy atom. The summed E-state index contributed by atoms with van der Waals surface area (Å²) in [5.41, 5.74) is 2.92. The average molecular weight is 404 g/mol. The standard InChI is InChI=1S/C25H29N3O2/c1-17-7-9-18(10-8-17)19-15-20-11-12-21(16-19)27(20)13-4-14-28-24(29)22-5-2-3-6-23(22)26-25(28)30/h2-3,5-10,19-21H,4,11-16H2,1H3,(H,26,30). The van der Waals surface area contributed by atoms with E-state index >= 15 is 0 Å². The Bertz CT molecular complexity index is 1150. The van der Waals surface area contributed by atoms with Gasteiger partial charge in [-0.1, -0.05) is 42.0 Å². The van der Waals surface area contributed by atoms with Gasteiger partial charge in [0.25, 0.3) is 5.56 Å². The fourth-order valence-electron chi connectivity index (χ4n) is 5.56. The highest BCUT2D eigenvalue weighted by Crippen LogP contribution is 2.43. The van der Waals surface area contributed by atoms with Crippen LogP contribution in [0.2, 0.25) is 0 Å². The summed E-state index contributed by atoms with van der Waals surface area (Å²) in [4.78, 5) is 30.6. The highest BCUT2D eigenvalue weighted by molar-refractivity contribution is 5.76. The summed E-state index contributed by atoms with van der Waals surface area (Å²) in [6.45, 7) is 3.56. The number of benzene rings is 2. The van der Waals surface area contributed by atoms with Gasteiger partial charge in [0.2, 0.25) is 0 Å². The molecule has 2 atom stereocenters. The molecular formula is C25H29N3O2. The van der Waals surface area contributed by atoms with Gasteiger partial charge in [0.1, 0.15) is 0 Å². The lowest BCUT2D eigenvalue weighted by Crippen LogP contribution is -2.43. The summed E-state index contributed by atoms with van der Waals surface area (Å²) in [6.07, 6.45) is 5.79. The first kappa shape index (κ1) is 19.3. The predicted molar refractivity (Wildman–Crippen MR) is 120 cm³/mol. The Kier molecular flexibility index (Phi) is 5.07. The molecule has 3 heterocycles. The van der Waals surface area contributed by atoms with E-state index in [1.807, 2.05) is 12.1 Å². The molecule has 0 aliphatic carbocycles. The van der Waals surface area contributed by atoms with E-state index in [0.717, 1.165) is 13.0 Å². The number of aryl methyl sites for hydroxylation is 1. The molecule has 156 valence electrons. The van der Waals surface area contributed by atoms with Gasteiger partial charge < -0.3 is 4.98 Å². The Morgan fingerprint density at radius 3 is 2.37 bits per heavy atom. The molecule has 2 aliphatic rings. The quantitative estimate of drug-likeness (QED) is 0.705. The number of H-pyrrole nitrogens is 1. The van der Waals surface area contributed by atoms with E-state index in [4.69, 9.17) is 0 Å². The van der Waals surface area contributed by atoms with Gasteiger partial charge in [-0.05, 0) is 62.6 Å². The number of nitrogens with zero attached hydrogens (tertiary/aromatic N) is 2. The number of fused-ring (bicyclic) bond motifs is 3. The summed E-state index contributed by atoms with van der Waals surface area (Å²) < 4.78 is 1.36. The Labute approximate surface area is 176 Å². The molecule has 5 nitrogen and oxygen atoms in total. The molecule has 0 saturated carbocycles. The molecule has 0 amide bonds. The zero-order valence-corrected chi connectivity index (χ0v) is 17.5. The lowest BCUT2D eigenvalue weighted by molar-refractivity contribution is 0.123. The monoisotopic (exact) mass is 403 g/mol. The molecule has 0 spiro atoms. The maximum Gasteiger partial charge on any atom is 0.328 e. The second-order valence-corrected chi connectivity index (χ2v) is 8.99. The summed E-state index contributed by atoms with van der Waals surface area (Å²) in [5.74, 6) is 0.658. The first-order valence-corrected chi connectivity index (χ1v) is 11.1. The molecule has 1 N–H and O–H groups in total. The number of hydrogen-bond donors (Lipinski definition) is 1. The van der Waals surface area contributed by atoms with E-state index in [1.54, 1.807) is 12.1 Å². The van der Waals surface area contributed by atoms with Crippen molar-refractivity contribution in [3.63, 3.8) is 0 Å². The van der Waals surface area contributed by atoms with Gasteiger partial charge in [0.15, 0.2) is 0 Å². The number of hydrogen-bond acceptors (Lipinski definition) is 3. The number of piperidine rings is 1. The van der Waals surface area contributed by atoms with Crippen molar-refractivity contribution in [2.75, 3.05) is 6.54 Å². The minimum Gasteiger partial charge on any atom is -0.307 e. The van der Waals surface area contributed by atoms with Crippen LogP contribution in [0.1, 0.15) is 49.1 Å². The first-order valence-electron chi connectivity index (χ1n) is 11.1. The molecule has 30 heavy (non-hydrogen) atoms. The third-order valence-corrected chi connectivity index (χ3v) is 7.12. The van der Waals surface area contributed by atoms with Crippen molar-refractivity contribution in [1.29, 1.82) is 0 Å². The van der Waals surface area contributed by atoms with Crippen LogP contribution in [0.5, 0.6) is 0 Å². The van der Waals surface area contributed by atoms with Crippen LogP contribution in [-0.4, -0.2) is 33.1 Å². The predicted octanol–water partition coefficient (Wildman–Crippen LogP) is 3.80. The zero-order valence-electron chi connectivity index (χ0n) is 17.5. The lowest BCUT2D eigenvalue weighted by atomic mass is 9.85. The molecule has 0 radical (unpaired) electrons. The van der Waals surface area contributed by atoms with Crippen molar-refractivity contribution in [1.82, 2.24) is 14.5 Å². The zero-order chi connectivity index (χ0) is 20.7. The molecule has 2 unspecified atom stereocenters. The van der Waals surface area contributed by atoms with Gasteiger partial charge in [0.05, 0.1) is 10.9 Å². The lowest BCUT2D eigenvalue weighted by Gasteiger charge is -2.39. The summed E-state index contributed by atoms with van der Waals surface area (Å²) in [6, 6.07) is 17.5. The van der Waals surface area contributed by atoms with Crippen LogP contribution in [0, 0.1) is 6.92 Å². The highest BCUT2D eigenvalue weighted by atomic mass is 16.2. The Balaban J connectivity index is 1.25. The van der Waals surface area contributed by atoms with Crippen LogP contribution in [0.15, 0.2) is 58.1 Å². The van der Waals surface area contributed by atoms with Crippen molar-refractivity contribution in [3.05, 3.63) is 80.5 Å². The van der Waals surface area contributed by atoms with Crippen molar-refractivity contribution in [2.24, 2.45) is 0 Å². The van der Waals surface area contributed by atoms with Crippen molar-refractivity contribution in [3.8, 4) is 0 Å². The molecule has 5 heteroatoms. The van der Waals surface area contributed by atoms with E-state index < -0.39 is 0 Å². The highest BCUT2D eigenvalue weighted by Gasteiger charge is 2.40. The molecular weight excluding hydrogens is 374 g/mol. The Hall–Kier alpha value is -2.66. The average Bonchev–Trinajstić information content (AvgIpc) is 2.98. The third-order valence-electron chi connectivity index (χ3n) is 7.12. The molecule has 2 fully saturated rings. The van der Waals surface area contributed by atoms with Gasteiger partial charge in [-0.15, -0.1) is 0 Å². The fraction of sp³-hybridized carbons (Fsp3) is 0.440. The second-order valence-electron chi connectivity index (χ2n) is 8.99. The largest absolute Gasteiger partial charge is 0.328 e. The molecule has 1 aromatic heterocycles. The van der Waals surface area contributed by atoms with Gasteiger partial charge in [0, 0.05) is 25.2 Å². The van der Waals surface area contributed by atoms with Crippen molar-refractivity contribution >= 4 is 10.9 Å². The summed E-state index contributed by atoms with van der Waals surface area (Å²) >= 11 is 0. The van der Waals surface area contributed by atoms with E-state index in [2.05, 4.69) is 41.1 Å². The Morgan fingerprint density at radius 1 is 0.933 bits per heavy atom. The van der Waals surface area contributed by atoms with Crippen LogP contribution < -0.4 is 11.2 Å². The van der Waals surface area contributed by atoms with Crippen LogP contribution >= 0.6 is 0 Å². The van der Waals surface area contributed by atoms with E-state index in [9.17, 15) is 9.59 Å². The minimum absolute atomic E-state index is 0.185. The molecule has 2 bridgehead atoms. The van der Waals surface area contributed by atoms with Gasteiger partial charge in [-0.2, -0.15) is 0 Å². The van der Waals surface area contributed by atoms with E-state index in [0.29, 0.717) is 35.4 Å². The smallest absolute Gasteiger partial charge is 0.307 e. The second kappa shape index (κ2) is 7.88. The van der Waals surface area contributed by atoms with Crippen LogP contribution in [-0.2, 0) is 6.54 Å². The SMILES string of the molecule is Cc1ccc(C2CC3CCC(C2)N3CCCn2c(=O)[nH]c3ccccc3c2=O)cc1. The van der Waals surface area contributed by atoms with Gasteiger partial charge in [-0.25, -0.2) is 4.79 Å². The van der Waals surface area contributed by atoms with E-state index in [1.165, 1.54) is 41.4 Å².